The predicted octanol–water partition coefficient (Wildman–Crippen LogP) is 0.0910. The summed E-state index contributed by atoms with van der Waals surface area (Å²) in [5, 5.41) is 7.72. The van der Waals surface area contributed by atoms with Crippen molar-refractivity contribution >= 4 is 41.7 Å². The fourth-order valence-corrected chi connectivity index (χ4v) is 3.53. The normalized spacial score (nSPS) is 25.1. The van der Waals surface area contributed by atoms with Crippen LogP contribution in [0, 0.1) is 0 Å². The number of nitrogens with one attached hydrogen (secondary N) is 2. The van der Waals surface area contributed by atoms with Gasteiger partial charge in [-0.3, -0.25) is 0 Å². The Morgan fingerprint density at radius 1 is 0.938 bits per heavy atom. The summed E-state index contributed by atoms with van der Waals surface area (Å²) >= 11 is 1.12. The molecule has 92 valence electrons. The number of rotatable bonds is 6. The van der Waals surface area contributed by atoms with Crippen molar-refractivity contribution in [2.24, 2.45) is 0 Å². The van der Waals surface area contributed by atoms with Gasteiger partial charge in [0.15, 0.2) is 0 Å². The van der Waals surface area contributed by atoms with Crippen LogP contribution in [0.4, 0.5) is 0 Å². The van der Waals surface area contributed by atoms with Gasteiger partial charge in [-0.25, -0.2) is 0 Å². The van der Waals surface area contributed by atoms with Gasteiger partial charge >= 0.3 is 109 Å². The average Bonchev–Trinajstić information content (AvgIpc) is 2.28. The second kappa shape index (κ2) is 7.33. The first-order valence-corrected chi connectivity index (χ1v) is 11.1. The van der Waals surface area contributed by atoms with E-state index < -0.39 is 0 Å². The van der Waals surface area contributed by atoms with Gasteiger partial charge < -0.3 is 0 Å². The predicted molar refractivity (Wildman–Crippen MR) is 65.9 cm³/mol. The number of hydrogen-bond donors (Lipinski definition) is 2. The Morgan fingerprint density at radius 3 is 1.62 bits per heavy atom. The van der Waals surface area contributed by atoms with Gasteiger partial charge in [-0.05, 0) is 0 Å². The van der Waals surface area contributed by atoms with Gasteiger partial charge in [0.1, 0.15) is 0 Å². The van der Waals surface area contributed by atoms with E-state index in [9.17, 15) is 9.59 Å². The van der Waals surface area contributed by atoms with Crippen molar-refractivity contribution in [2.45, 2.75) is 47.2 Å². The number of carbonyl (C=O) groups excluding carboxylic acids is 2. The van der Waals surface area contributed by atoms with E-state index in [1.54, 1.807) is 0 Å². The van der Waals surface area contributed by atoms with Gasteiger partial charge in [0, 0.05) is 0 Å². The minimum atomic E-state index is -0.294. The zero-order valence-corrected chi connectivity index (χ0v) is 13.0. The second-order valence-corrected chi connectivity index (χ2v) is 7.82. The molecular formula is C10H18N2O2Se2. The van der Waals surface area contributed by atoms with Crippen LogP contribution in [0.5, 0.6) is 0 Å². The Morgan fingerprint density at radius 2 is 1.31 bits per heavy atom. The third-order valence-electron chi connectivity index (χ3n) is 2.49. The van der Waals surface area contributed by atoms with E-state index in [1.807, 2.05) is 0 Å². The molecular weight excluding hydrogens is 338 g/mol. The van der Waals surface area contributed by atoms with Crippen LogP contribution in [-0.2, 0) is 9.59 Å². The van der Waals surface area contributed by atoms with E-state index in [-0.39, 0.29) is 23.9 Å². The maximum atomic E-state index is 11.7. The van der Waals surface area contributed by atoms with E-state index in [1.165, 1.54) is 0 Å². The van der Waals surface area contributed by atoms with Gasteiger partial charge in [0.25, 0.3) is 0 Å². The fraction of sp³-hybridized carbons (Fsp3) is 0.800. The summed E-state index contributed by atoms with van der Waals surface area (Å²) in [6.45, 7) is 0. The second-order valence-electron chi connectivity index (χ2n) is 3.69. The van der Waals surface area contributed by atoms with Crippen LogP contribution in [0.3, 0.4) is 0 Å². The summed E-state index contributed by atoms with van der Waals surface area (Å²) in [5.74, 6) is 4.28. The van der Waals surface area contributed by atoms with E-state index in [4.69, 9.17) is 0 Å². The molecule has 0 aromatic rings. The summed E-state index contributed by atoms with van der Waals surface area (Å²) in [6, 6.07) is -0.588. The average molecular weight is 356 g/mol. The molecule has 2 amide bonds. The van der Waals surface area contributed by atoms with E-state index >= 15 is 0 Å². The first-order valence-electron chi connectivity index (χ1n) is 5.27. The summed E-state index contributed by atoms with van der Waals surface area (Å²) in [5.41, 5.74) is 0. The quantitative estimate of drug-likeness (QED) is 0.663. The Hall–Kier alpha value is -0.0210. The molecule has 16 heavy (non-hydrogen) atoms. The van der Waals surface area contributed by atoms with Crippen LogP contribution in [0.15, 0.2) is 0 Å². The molecule has 1 aliphatic rings. The van der Waals surface area contributed by atoms with Crippen LogP contribution in [-0.4, -0.2) is 53.8 Å². The fourth-order valence-electron chi connectivity index (χ4n) is 1.55. The summed E-state index contributed by atoms with van der Waals surface area (Å²) in [4.78, 5) is 23.4. The van der Waals surface area contributed by atoms with Gasteiger partial charge in [0.05, 0.1) is 0 Å². The molecule has 0 aliphatic carbocycles. The van der Waals surface area contributed by atoms with Crippen molar-refractivity contribution in [3.63, 3.8) is 0 Å². The molecule has 1 heterocycles. The molecule has 4 nitrogen and oxygen atoms in total. The Balaban J connectivity index is 2.43. The first kappa shape index (κ1) is 14.0. The van der Waals surface area contributed by atoms with Crippen molar-refractivity contribution in [2.75, 3.05) is 0 Å². The van der Waals surface area contributed by atoms with Crippen molar-refractivity contribution < 1.29 is 9.59 Å². The van der Waals surface area contributed by atoms with Crippen molar-refractivity contribution in [1.29, 1.82) is 0 Å². The van der Waals surface area contributed by atoms with Gasteiger partial charge in [0.2, 0.25) is 0 Å². The molecule has 1 fully saturated rings. The zero-order chi connectivity index (χ0) is 12.0. The van der Waals surface area contributed by atoms with Gasteiger partial charge in [-0.2, -0.15) is 0 Å². The molecule has 0 saturated carbocycles. The van der Waals surface area contributed by atoms with E-state index in [2.05, 4.69) is 22.3 Å². The third kappa shape index (κ3) is 4.10. The maximum absolute atomic E-state index is 11.7. The molecule has 0 spiro atoms. The van der Waals surface area contributed by atoms with Crippen LogP contribution in [0.25, 0.3) is 0 Å². The Kier molecular flexibility index (Phi) is 6.44. The molecule has 0 aromatic carbocycles. The SMILES string of the molecule is C[Se]CCC1NC(=O)C(CC[Se]C)NC1=O. The van der Waals surface area contributed by atoms with Crippen molar-refractivity contribution in [3.8, 4) is 0 Å². The third-order valence-corrected chi connectivity index (χ3v) is 5.19. The Bertz CT molecular complexity index is 235. The summed E-state index contributed by atoms with van der Waals surface area (Å²) < 4.78 is 0. The molecule has 6 heteroatoms. The van der Waals surface area contributed by atoms with Crippen LogP contribution >= 0.6 is 0 Å². The number of carbonyl (C=O) groups is 2. The summed E-state index contributed by atoms with van der Waals surface area (Å²) in [6.07, 6.45) is 1.55. The standard InChI is InChI=1S/C10H18N2O2Se2/c1-15-5-3-7-9(13)12-8(4-6-16-2)10(14)11-7/h7-8H,3-6H2,1-2H3,(H,11,14)(H,12,13). The number of piperazine rings is 1. The molecule has 0 radical (unpaired) electrons. The van der Waals surface area contributed by atoms with Crippen LogP contribution in [0.2, 0.25) is 22.3 Å². The topological polar surface area (TPSA) is 58.2 Å². The minimum absolute atomic E-state index is 0.00236. The van der Waals surface area contributed by atoms with E-state index in [0.717, 1.165) is 23.5 Å². The van der Waals surface area contributed by atoms with Gasteiger partial charge in [-0.15, -0.1) is 0 Å². The van der Waals surface area contributed by atoms with Crippen LogP contribution in [0.1, 0.15) is 12.8 Å². The molecule has 0 bridgehead atoms. The number of amides is 2. The van der Waals surface area contributed by atoms with Crippen molar-refractivity contribution in [3.05, 3.63) is 0 Å². The molecule has 1 aliphatic heterocycles. The molecule has 1 saturated heterocycles. The molecule has 0 aromatic heterocycles. The molecule has 2 N–H and O–H groups in total. The first-order chi connectivity index (χ1) is 7.69. The van der Waals surface area contributed by atoms with Crippen LogP contribution < -0.4 is 10.6 Å². The molecule has 2 atom stereocenters. The number of hydrogen-bond acceptors (Lipinski definition) is 2. The summed E-state index contributed by atoms with van der Waals surface area (Å²) in [7, 11) is 0. The Labute approximate surface area is 109 Å². The van der Waals surface area contributed by atoms with E-state index in [0.29, 0.717) is 29.9 Å². The molecule has 2 unspecified atom stereocenters. The van der Waals surface area contributed by atoms with Crippen molar-refractivity contribution in [1.82, 2.24) is 10.6 Å². The monoisotopic (exact) mass is 358 g/mol. The molecule has 1 rings (SSSR count). The van der Waals surface area contributed by atoms with Gasteiger partial charge in [-0.1, -0.05) is 0 Å². The zero-order valence-electron chi connectivity index (χ0n) is 9.62.